The number of ether oxygens (including phenoxy) is 1. The van der Waals surface area contributed by atoms with E-state index in [1.807, 2.05) is 6.92 Å². The summed E-state index contributed by atoms with van der Waals surface area (Å²) in [6, 6.07) is 0. The van der Waals surface area contributed by atoms with Gasteiger partial charge in [0, 0.05) is 0 Å². The fourth-order valence-electron chi connectivity index (χ4n) is 0.339. The third-order valence-corrected chi connectivity index (χ3v) is 4.19. The van der Waals surface area contributed by atoms with Crippen LogP contribution in [0, 0.1) is 0 Å². The van der Waals surface area contributed by atoms with Crippen LogP contribution < -0.4 is 0 Å². The first kappa shape index (κ1) is 23.6. The van der Waals surface area contributed by atoms with Gasteiger partial charge in [0.15, 0.2) is 5.31 Å². The van der Waals surface area contributed by atoms with Gasteiger partial charge < -0.3 is 4.74 Å². The van der Waals surface area contributed by atoms with Crippen LogP contribution in [-0.2, 0) is 4.74 Å². The molecule has 114 valence electrons. The van der Waals surface area contributed by atoms with Crippen LogP contribution in [0.25, 0.3) is 0 Å². The summed E-state index contributed by atoms with van der Waals surface area (Å²) in [6.07, 6.45) is 1.42. The summed E-state index contributed by atoms with van der Waals surface area (Å²) in [5.41, 5.74) is 0. The van der Waals surface area contributed by atoms with E-state index in [9.17, 15) is 0 Å². The first-order chi connectivity index (χ1) is 7.47. The van der Waals surface area contributed by atoms with Crippen molar-refractivity contribution in [2.75, 3.05) is 12.5 Å². The zero-order chi connectivity index (χ0) is 15.3. The third kappa shape index (κ3) is 27.6. The Kier molecular flexibility index (Phi) is 10.1. The monoisotopic (exact) mass is 496 g/mol. The number of rotatable bonds is 4. The molecule has 13 heteroatoms. The molecule has 0 spiro atoms. The molecule has 0 bridgehead atoms. The number of allylic oxidation sites excluding steroid dienone is 1. The Bertz CT molecular complexity index is 274. The Hall–Kier alpha value is 3.30. The summed E-state index contributed by atoms with van der Waals surface area (Å²) in [5.74, 6) is 0.199. The van der Waals surface area contributed by atoms with Crippen molar-refractivity contribution in [2.24, 2.45) is 0 Å². The minimum absolute atomic E-state index is 0.199. The predicted octanol–water partition coefficient (Wildman–Crippen LogP) is 9.58. The second-order valence-corrected chi connectivity index (χ2v) is 35.4. The van der Waals surface area contributed by atoms with E-state index in [1.165, 1.54) is 6.26 Å². The molecule has 0 aliphatic carbocycles. The van der Waals surface area contributed by atoms with Crippen LogP contribution >= 0.6 is 120 Å². The Morgan fingerprint density at radius 1 is 1.06 bits per heavy atom. The molecule has 0 aromatic rings. The molecule has 0 heterocycles. The van der Waals surface area contributed by atoms with Crippen LogP contribution in [0.1, 0.15) is 6.92 Å². The van der Waals surface area contributed by atoms with Gasteiger partial charge in [-0.25, -0.2) is 0 Å². The maximum absolute atomic E-state index is 5.64. The van der Waals surface area contributed by atoms with E-state index in [4.69, 9.17) is 118 Å². The quantitative estimate of drug-likeness (QED) is 0.212. The molecule has 0 rings (SSSR count). The van der Waals surface area contributed by atoms with Crippen molar-refractivity contribution in [3.63, 3.8) is 0 Å². The van der Waals surface area contributed by atoms with E-state index < -0.39 is 7.38 Å². The average molecular weight is 501 g/mol. The van der Waals surface area contributed by atoms with Gasteiger partial charge in [0.05, 0.1) is 12.5 Å². The molecule has 0 atom stereocenters. The molecule has 0 amide bonds. The molecule has 0 saturated heterocycles. The molecule has 0 unspecified atom stereocenters. The van der Waals surface area contributed by atoms with E-state index in [0.717, 1.165) is 0 Å². The van der Waals surface area contributed by atoms with Gasteiger partial charge in [-0.1, -0.05) is 0 Å². The van der Waals surface area contributed by atoms with Gasteiger partial charge in [-0.2, -0.15) is 0 Å². The molecular formula is C5H8Cl10OP2. The minimum atomic E-state index is -4.82. The van der Waals surface area contributed by atoms with Crippen LogP contribution in [0.2, 0.25) is 0 Å². The zero-order valence-corrected chi connectivity index (χ0v) is 17.9. The molecule has 0 aromatic heterocycles. The van der Waals surface area contributed by atoms with Gasteiger partial charge in [0.1, 0.15) is 40.0 Å². The van der Waals surface area contributed by atoms with Gasteiger partial charge in [-0.15, -0.1) is 11.6 Å². The summed E-state index contributed by atoms with van der Waals surface area (Å²) < 4.78 is 0.117. The summed E-state index contributed by atoms with van der Waals surface area (Å²) in [5, 5.41) is -1.99. The van der Waals surface area contributed by atoms with Crippen LogP contribution in [0.3, 0.4) is 0 Å². The van der Waals surface area contributed by atoms with Crippen LogP contribution in [0.5, 0.6) is 0 Å². The molecule has 0 fully saturated rings. The van der Waals surface area contributed by atoms with Gasteiger partial charge in [0.2, 0.25) is 0 Å². The molecule has 18 heavy (non-hydrogen) atoms. The fraction of sp³-hybridized carbons (Fsp3) is 0.600. The number of alkyl halides is 1. The van der Waals surface area contributed by atoms with Crippen LogP contribution in [0.15, 0.2) is 11.6 Å². The van der Waals surface area contributed by atoms with Crippen LogP contribution in [0.4, 0.5) is 0 Å². The van der Waals surface area contributed by atoms with E-state index in [1.54, 1.807) is 0 Å². The normalized spacial score (nSPS) is 17.2. The molecule has 0 aliphatic rings. The van der Waals surface area contributed by atoms with Crippen molar-refractivity contribution in [1.82, 2.24) is 0 Å². The Balaban J connectivity index is 0. The SMILES string of the molecule is CCO/C=C(\CCl)[P+](Cl)(Cl)Cl.Cl[P-](Cl)(Cl)(Cl)(Cl)Cl. The summed E-state index contributed by atoms with van der Waals surface area (Å²) in [7, 11) is 0. The Morgan fingerprint density at radius 2 is 1.39 bits per heavy atom. The zero-order valence-electron chi connectivity index (χ0n) is 8.57. The second-order valence-electron chi connectivity index (χ2n) is 2.60. The number of hydrogen-bond donors (Lipinski definition) is 0. The Morgan fingerprint density at radius 3 is 1.56 bits per heavy atom. The first-order valence-electron chi connectivity index (χ1n) is 3.89. The third-order valence-electron chi connectivity index (χ3n) is 0.849. The standard InChI is InChI=1S/C5H8Cl4OP.Cl6P/c1-2-10-4-5(3-6)11(7,8)9;1-7(2,3,4,5)6/h4H,2-3H2,1H3;/q+1;-1/b5-4+;. The predicted molar refractivity (Wildman–Crippen MR) is 96.9 cm³/mol. The molecule has 0 saturated carbocycles. The van der Waals surface area contributed by atoms with Crippen molar-refractivity contribution in [2.45, 2.75) is 6.92 Å². The van der Waals surface area contributed by atoms with Gasteiger partial charge in [0.25, 0.3) is 0 Å². The molecule has 1 nitrogen and oxygen atoms in total. The van der Waals surface area contributed by atoms with Gasteiger partial charge in [-0.3, -0.25) is 0 Å². The topological polar surface area (TPSA) is 9.23 Å². The summed E-state index contributed by atoms with van der Waals surface area (Å²) in [4.78, 5) is 0. The van der Waals surface area contributed by atoms with E-state index in [-0.39, 0.29) is 5.88 Å². The molecule has 0 N–H and O–H groups in total. The molecular weight excluding hydrogens is 493 g/mol. The van der Waals surface area contributed by atoms with E-state index in [0.29, 0.717) is 11.9 Å². The average Bonchev–Trinajstić information content (AvgIpc) is 1.97. The fourth-order valence-corrected chi connectivity index (χ4v) is 2.72. The van der Waals surface area contributed by atoms with Crippen LogP contribution in [-0.4, -0.2) is 12.5 Å². The molecule has 0 aliphatic heterocycles. The Labute approximate surface area is 154 Å². The maximum atomic E-state index is 5.64. The molecule has 0 aromatic carbocycles. The summed E-state index contributed by atoms with van der Waals surface area (Å²) in [6.45, 7) is 2.39. The van der Waals surface area contributed by atoms with E-state index >= 15 is 0 Å². The van der Waals surface area contributed by atoms with Crippen molar-refractivity contribution in [1.29, 1.82) is 0 Å². The molecule has 0 radical (unpaired) electrons. The van der Waals surface area contributed by atoms with E-state index in [2.05, 4.69) is 0 Å². The number of halogens is 10. The first-order valence-corrected chi connectivity index (χ1v) is 17.0. The van der Waals surface area contributed by atoms with Crippen molar-refractivity contribution in [3.05, 3.63) is 11.6 Å². The van der Waals surface area contributed by atoms with Gasteiger partial charge >= 0.3 is 74.8 Å². The van der Waals surface area contributed by atoms with Crippen molar-refractivity contribution >= 4 is 120 Å². The van der Waals surface area contributed by atoms with Crippen molar-refractivity contribution in [3.8, 4) is 0 Å². The summed E-state index contributed by atoms with van der Waals surface area (Å²) >= 11 is 52.5. The van der Waals surface area contributed by atoms with Gasteiger partial charge in [-0.05, 0) is 6.92 Å². The number of hydrogen-bond acceptors (Lipinski definition) is 1. The van der Waals surface area contributed by atoms with Crippen molar-refractivity contribution < 1.29 is 4.74 Å². The second kappa shape index (κ2) is 7.72.